The van der Waals surface area contributed by atoms with Gasteiger partial charge in [-0.05, 0) is 0 Å². The van der Waals surface area contributed by atoms with Gasteiger partial charge in [-0.15, -0.1) is 0 Å². The smallest absolute Gasteiger partial charge is 0 e. The van der Waals surface area contributed by atoms with Crippen LogP contribution in [-0.4, -0.2) is 0 Å². The van der Waals surface area contributed by atoms with E-state index < -0.39 is 0 Å². The predicted molar refractivity (Wildman–Crippen MR) is 74.0 cm³/mol. The van der Waals surface area contributed by atoms with Crippen LogP contribution in [0.2, 0.25) is 0 Å². The zero-order valence-electron chi connectivity index (χ0n) is 1.02. The second kappa shape index (κ2) is 773. The average molecular weight is 316 g/mol. The van der Waals surface area contributed by atoms with Crippen LogP contribution in [0.15, 0.2) is 0 Å². The molecule has 2 heteroatoms. The minimum Gasteiger partial charge on any atom is -0.0776 e. The average Bonchev–Trinajstić information content (AvgIpc) is 0. The first kappa shape index (κ1) is 966. The van der Waals surface area contributed by atoms with Crippen LogP contribution in [0.5, 0.6) is 0 Å². The van der Waals surface area contributed by atoms with E-state index in [9.17, 15) is 0 Å². The molecule has 0 unspecified atom stereocenters. The molecule has 0 fully saturated rings. The molecule has 0 rings (SSSR count). The van der Waals surface area contributed by atoms with E-state index in [0.717, 1.165) is 0 Å². The van der Waals surface area contributed by atoms with Crippen LogP contribution >= 0.6 is 0 Å². The van der Waals surface area contributed by atoms with Crippen molar-refractivity contribution in [2.24, 2.45) is 0 Å². The Morgan fingerprint density at radius 2 is 0.231 bits per heavy atom. The second-order valence-corrected chi connectivity index (χ2v) is 0. The molecule has 0 aromatic carbocycles. The molecule has 0 saturated heterocycles. The van der Waals surface area contributed by atoms with E-state index in [2.05, 4.69) is 0 Å². The fourth-order valence-electron chi connectivity index (χ4n) is 0. The molecule has 0 amide bonds. The summed E-state index contributed by atoms with van der Waals surface area (Å²) in [5.41, 5.74) is 0. The molecule has 2 radical (unpaired) electrons. The molecule has 0 bridgehead atoms. The number of hydrogen-bond acceptors (Lipinski definition) is 0. The summed E-state index contributed by atoms with van der Waals surface area (Å²) in [5, 5.41) is 0. The van der Waals surface area contributed by atoms with Crippen molar-refractivity contribution in [3.8, 4) is 0 Å². The van der Waals surface area contributed by atoms with Crippen LogP contribution in [0.25, 0.3) is 0 Å². The van der Waals surface area contributed by atoms with E-state index in [1.165, 1.54) is 0 Å². The quantitative estimate of drug-likeness (QED) is 0.451. The first-order valence-electron chi connectivity index (χ1n) is 0. The zero-order valence-corrected chi connectivity index (χ0v) is 5.26. The first-order valence-corrected chi connectivity index (χ1v) is 0. The van der Waals surface area contributed by atoms with Crippen molar-refractivity contribution in [2.45, 2.75) is 81.7 Å². The van der Waals surface area contributed by atoms with Crippen LogP contribution in [0.3, 0.4) is 0 Å². The maximum absolute atomic E-state index is 0. The minimum absolute atomic E-state index is 0. The first-order chi connectivity index (χ1) is 0. The Kier molecular flexibility index (Phi) is 57400. The van der Waals surface area contributed by atoms with Crippen LogP contribution in [0.1, 0.15) is 81.7 Å². The zero-order chi connectivity index (χ0) is 0. The van der Waals surface area contributed by atoms with Crippen LogP contribution in [0.4, 0.5) is 0 Å². The molecule has 0 aliphatic rings. The summed E-state index contributed by atoms with van der Waals surface area (Å²) >= 11 is 0. The predicted octanol–water partition coefficient (Wildman–Crippen LogP) is 6.99. The van der Waals surface area contributed by atoms with Gasteiger partial charge in [0.1, 0.15) is 0 Å². The van der Waals surface area contributed by atoms with Gasteiger partial charge < -0.3 is 0 Å². The molecule has 0 aliphatic carbocycles. The van der Waals surface area contributed by atoms with E-state index in [1.54, 1.807) is 0 Å². The topological polar surface area (TPSA) is 0 Å². The van der Waals surface area contributed by atoms with Gasteiger partial charge in [0.15, 0.2) is 0 Å². The largest absolute Gasteiger partial charge is 0.0776 e. The van der Waals surface area contributed by atoms with E-state index in [1.807, 2.05) is 0 Å². The van der Waals surface area contributed by atoms with E-state index in [4.69, 9.17) is 0 Å². The minimum atomic E-state index is 0. The molecule has 0 atom stereocenters. The third-order valence-corrected chi connectivity index (χ3v) is 0. The van der Waals surface area contributed by atoms with Gasteiger partial charge in [-0.3, -0.25) is 0 Å². The third kappa shape index (κ3) is 656. The number of hydrogen-bond donors (Lipinski definition) is 0. The summed E-state index contributed by atoms with van der Waals surface area (Å²) in [6, 6.07) is 0. The second-order valence-electron chi connectivity index (χ2n) is 0. The molecule has 96 valence electrons. The van der Waals surface area contributed by atoms with Crippen molar-refractivity contribution in [1.29, 1.82) is 0 Å². The van der Waals surface area contributed by atoms with Crippen molar-refractivity contribution >= 4 is 0 Å². The maximum Gasteiger partial charge on any atom is 0 e. The Balaban J connectivity index is 0. The molecule has 0 aliphatic heterocycles. The molecule has 0 spiro atoms. The Hall–Kier alpha value is 1.69. The summed E-state index contributed by atoms with van der Waals surface area (Å²) in [5.74, 6) is 0. The molecule has 13 heavy (non-hydrogen) atoms. The molecule has 0 N–H and O–H groups in total. The summed E-state index contributed by atoms with van der Waals surface area (Å²) in [7, 11) is 0. The Morgan fingerprint density at radius 3 is 0.231 bits per heavy atom. The molecular weight excluding hydrogens is 272 g/mol. The number of rotatable bonds is 0. The summed E-state index contributed by atoms with van der Waals surface area (Å²) < 4.78 is 0. The van der Waals surface area contributed by atoms with Crippen molar-refractivity contribution in [3.05, 3.63) is 0 Å². The molecular formula is C11H44VY. The summed E-state index contributed by atoms with van der Waals surface area (Å²) in [4.78, 5) is 0. The van der Waals surface area contributed by atoms with Gasteiger partial charge in [0, 0.05) is 51.3 Å². The van der Waals surface area contributed by atoms with E-state index in [0.29, 0.717) is 0 Å². The molecule has 0 aromatic heterocycles. The van der Waals surface area contributed by atoms with Gasteiger partial charge in [0.25, 0.3) is 0 Å². The normalized spacial score (nSPS) is 0. The Morgan fingerprint density at radius 1 is 0.231 bits per heavy atom. The van der Waals surface area contributed by atoms with Crippen LogP contribution in [0, 0.1) is 0 Å². The van der Waals surface area contributed by atoms with Crippen LogP contribution in [-0.2, 0) is 51.3 Å². The summed E-state index contributed by atoms with van der Waals surface area (Å²) in [6.07, 6.45) is 0. The maximum atomic E-state index is 0. The molecule has 0 heterocycles. The van der Waals surface area contributed by atoms with Gasteiger partial charge in [0.2, 0.25) is 0 Å². The van der Waals surface area contributed by atoms with E-state index >= 15 is 0 Å². The van der Waals surface area contributed by atoms with Crippen molar-refractivity contribution in [1.82, 2.24) is 0 Å². The van der Waals surface area contributed by atoms with Gasteiger partial charge >= 0.3 is 0 Å². The van der Waals surface area contributed by atoms with Gasteiger partial charge in [-0.2, -0.15) is 0 Å². The Bertz CT molecular complexity index is 10.1. The fraction of sp³-hybridized carbons (Fsp3) is 1.00. The fourth-order valence-corrected chi connectivity index (χ4v) is 0. The van der Waals surface area contributed by atoms with Crippen LogP contribution < -0.4 is 0 Å². The standard InChI is InChI=1S/11CH4.V.Y/h11*1H4;;. The Labute approximate surface area is 132 Å². The monoisotopic (exact) mass is 316 g/mol. The van der Waals surface area contributed by atoms with Crippen molar-refractivity contribution < 1.29 is 51.3 Å². The van der Waals surface area contributed by atoms with E-state index in [-0.39, 0.29) is 133 Å². The molecule has 0 saturated carbocycles. The SMILES string of the molecule is C.C.C.C.C.C.C.C.C.C.C.[V].[Y]. The summed E-state index contributed by atoms with van der Waals surface area (Å²) in [6.45, 7) is 0. The van der Waals surface area contributed by atoms with Crippen molar-refractivity contribution in [2.75, 3.05) is 0 Å². The van der Waals surface area contributed by atoms with Crippen molar-refractivity contribution in [3.63, 3.8) is 0 Å². The van der Waals surface area contributed by atoms with Gasteiger partial charge in [0.05, 0.1) is 0 Å². The third-order valence-electron chi connectivity index (χ3n) is 0. The molecule has 0 nitrogen and oxygen atoms in total. The van der Waals surface area contributed by atoms with Gasteiger partial charge in [-0.1, -0.05) is 81.7 Å². The van der Waals surface area contributed by atoms with Gasteiger partial charge in [-0.25, -0.2) is 0 Å². The molecule has 0 aromatic rings.